The summed E-state index contributed by atoms with van der Waals surface area (Å²) in [5.74, 6) is -3.90. The average molecular weight is 811 g/mol. The maximum Gasteiger partial charge on any atom is 0.331 e. The maximum atomic E-state index is 13.5. The topological polar surface area (TPSA) is 239 Å². The molecular formula is C41H46O17. The Balaban J connectivity index is 1.17. The Bertz CT molecular complexity index is 1840. The van der Waals surface area contributed by atoms with Crippen LogP contribution in [-0.2, 0) is 57.0 Å². The number of esters is 3. The Morgan fingerprint density at radius 2 is 1.34 bits per heavy atom. The smallest absolute Gasteiger partial charge is 0.331 e. The number of hydrogen-bond acceptors (Lipinski definition) is 17. The molecule has 17 heteroatoms. The summed E-state index contributed by atoms with van der Waals surface area (Å²) in [6.45, 7) is 1.53. The highest BCUT2D eigenvalue weighted by atomic mass is 16.8. The quantitative estimate of drug-likeness (QED) is 0.0795. The number of aliphatic hydroxyl groups excluding tert-OH is 5. The normalized spacial score (nSPS) is 39.1. The third-order valence-corrected chi connectivity index (χ3v) is 10.8. The van der Waals surface area contributed by atoms with Crippen molar-refractivity contribution in [1.29, 1.82) is 0 Å². The van der Waals surface area contributed by atoms with E-state index in [0.29, 0.717) is 11.1 Å². The molecule has 16 atom stereocenters. The minimum atomic E-state index is -1.74. The lowest BCUT2D eigenvalue weighted by molar-refractivity contribution is -0.347. The van der Waals surface area contributed by atoms with Crippen LogP contribution in [0.4, 0.5) is 0 Å². The number of hydrogen-bond donors (Lipinski definition) is 5. The van der Waals surface area contributed by atoms with Gasteiger partial charge in [0.15, 0.2) is 30.9 Å². The third-order valence-electron chi connectivity index (χ3n) is 10.8. The summed E-state index contributed by atoms with van der Waals surface area (Å²) in [6, 6.07) is 17.9. The predicted octanol–water partition coefficient (Wildman–Crippen LogP) is 0.361. The molecule has 2 aromatic rings. The highest BCUT2D eigenvalue weighted by Gasteiger charge is 2.77. The molecule has 0 bridgehead atoms. The van der Waals surface area contributed by atoms with Gasteiger partial charge in [-0.15, -0.1) is 0 Å². The monoisotopic (exact) mass is 810 g/mol. The molecule has 1 aliphatic carbocycles. The van der Waals surface area contributed by atoms with Gasteiger partial charge in [-0.3, -0.25) is 4.79 Å². The van der Waals surface area contributed by atoms with Gasteiger partial charge in [-0.1, -0.05) is 60.7 Å². The number of carbonyl (C=O) groups excluding carboxylic acids is 3. The van der Waals surface area contributed by atoms with Crippen LogP contribution in [-0.4, -0.2) is 142 Å². The Kier molecular flexibility index (Phi) is 12.7. The first-order valence-electron chi connectivity index (χ1n) is 18.9. The fourth-order valence-electron chi connectivity index (χ4n) is 7.96. The van der Waals surface area contributed by atoms with Crippen LogP contribution >= 0.6 is 0 Å². The SMILES string of the molecule is CC(=O)OC1C(C)OC(OC2C3C=COC(OC4OC(CO)C(O)C(O)C4O)C3C3(CO)OC23)C(OC(=O)/C=C/c2ccccc2)C1OC(=O)/C=C/c1ccccc1. The van der Waals surface area contributed by atoms with Crippen molar-refractivity contribution in [2.45, 2.75) is 99.4 Å². The number of aliphatic hydroxyl groups is 5. The number of epoxide rings is 1. The van der Waals surface area contributed by atoms with Crippen molar-refractivity contribution in [3.8, 4) is 0 Å². The van der Waals surface area contributed by atoms with Crippen molar-refractivity contribution in [3.63, 3.8) is 0 Å². The van der Waals surface area contributed by atoms with Crippen molar-refractivity contribution in [2.24, 2.45) is 11.8 Å². The fraction of sp³-hybridized carbons (Fsp3) is 0.488. The van der Waals surface area contributed by atoms with Gasteiger partial charge < -0.3 is 68.2 Å². The summed E-state index contributed by atoms with van der Waals surface area (Å²) in [7, 11) is 0. The third kappa shape index (κ3) is 8.60. The lowest BCUT2D eigenvalue weighted by Crippen LogP contribution is -2.62. The Morgan fingerprint density at radius 3 is 1.93 bits per heavy atom. The molecule has 2 aromatic carbocycles. The summed E-state index contributed by atoms with van der Waals surface area (Å²) in [6.07, 6.45) is -9.26. The maximum absolute atomic E-state index is 13.5. The summed E-state index contributed by atoms with van der Waals surface area (Å²) < 4.78 is 53.7. The number of carbonyl (C=O) groups is 3. The van der Waals surface area contributed by atoms with Crippen LogP contribution in [0.1, 0.15) is 25.0 Å². The molecule has 312 valence electrons. The molecular weight excluding hydrogens is 764 g/mol. The number of fused-ring (bicyclic) bond motifs is 3. The molecule has 58 heavy (non-hydrogen) atoms. The second kappa shape index (κ2) is 17.8. The lowest BCUT2D eigenvalue weighted by Gasteiger charge is -2.45. The van der Waals surface area contributed by atoms with E-state index < -0.39 is 128 Å². The summed E-state index contributed by atoms with van der Waals surface area (Å²) in [5, 5.41) is 51.7. The first-order valence-corrected chi connectivity index (χ1v) is 18.9. The van der Waals surface area contributed by atoms with Gasteiger partial charge in [0.2, 0.25) is 6.29 Å². The van der Waals surface area contributed by atoms with Gasteiger partial charge in [0.25, 0.3) is 0 Å². The van der Waals surface area contributed by atoms with Gasteiger partial charge in [0, 0.05) is 25.0 Å². The van der Waals surface area contributed by atoms with E-state index in [4.69, 9.17) is 42.6 Å². The van der Waals surface area contributed by atoms with E-state index in [2.05, 4.69) is 0 Å². The van der Waals surface area contributed by atoms with Crippen molar-refractivity contribution in [2.75, 3.05) is 13.2 Å². The van der Waals surface area contributed by atoms with Crippen LogP contribution < -0.4 is 0 Å². The van der Waals surface area contributed by atoms with E-state index in [1.807, 2.05) is 12.1 Å². The molecule has 3 saturated heterocycles. The number of benzene rings is 2. The van der Waals surface area contributed by atoms with Crippen LogP contribution in [0.5, 0.6) is 0 Å². The largest absolute Gasteiger partial charge is 0.472 e. The van der Waals surface area contributed by atoms with Gasteiger partial charge in [0.1, 0.15) is 36.1 Å². The van der Waals surface area contributed by atoms with Crippen molar-refractivity contribution in [1.82, 2.24) is 0 Å². The first-order chi connectivity index (χ1) is 27.9. The zero-order valence-electron chi connectivity index (χ0n) is 31.4. The molecule has 4 aliphatic heterocycles. The molecule has 5 N–H and O–H groups in total. The molecule has 4 heterocycles. The van der Waals surface area contributed by atoms with E-state index in [1.165, 1.54) is 37.5 Å². The fourth-order valence-corrected chi connectivity index (χ4v) is 7.96. The Labute approximate surface area is 332 Å². The molecule has 7 rings (SSSR count). The van der Waals surface area contributed by atoms with Crippen LogP contribution in [0.25, 0.3) is 12.2 Å². The van der Waals surface area contributed by atoms with Crippen molar-refractivity contribution < 1.29 is 82.5 Å². The van der Waals surface area contributed by atoms with Gasteiger partial charge in [-0.05, 0) is 36.3 Å². The highest BCUT2D eigenvalue weighted by Crippen LogP contribution is 2.61. The van der Waals surface area contributed by atoms with Gasteiger partial charge in [0.05, 0.1) is 37.6 Å². The molecule has 4 fully saturated rings. The highest BCUT2D eigenvalue weighted by molar-refractivity contribution is 5.88. The molecule has 0 radical (unpaired) electrons. The second-order valence-corrected chi connectivity index (χ2v) is 14.6. The van der Waals surface area contributed by atoms with Crippen LogP contribution in [0.15, 0.2) is 85.2 Å². The van der Waals surface area contributed by atoms with Gasteiger partial charge in [-0.25, -0.2) is 9.59 Å². The van der Waals surface area contributed by atoms with Gasteiger partial charge >= 0.3 is 17.9 Å². The molecule has 0 spiro atoms. The minimum Gasteiger partial charge on any atom is -0.472 e. The lowest BCUT2D eigenvalue weighted by atomic mass is 9.85. The Morgan fingerprint density at radius 1 is 0.724 bits per heavy atom. The van der Waals surface area contributed by atoms with Crippen LogP contribution in [0.3, 0.4) is 0 Å². The summed E-state index contributed by atoms with van der Waals surface area (Å²) in [5.41, 5.74) is 0.0955. The zero-order chi connectivity index (χ0) is 41.1. The van der Waals surface area contributed by atoms with E-state index >= 15 is 0 Å². The molecule has 0 aromatic heterocycles. The van der Waals surface area contributed by atoms with Crippen molar-refractivity contribution in [3.05, 3.63) is 96.3 Å². The second-order valence-electron chi connectivity index (χ2n) is 14.6. The average Bonchev–Trinajstić information content (AvgIpc) is 3.90. The predicted molar refractivity (Wildman–Crippen MR) is 196 cm³/mol. The first kappa shape index (κ1) is 41.6. The number of rotatable bonds is 13. The van der Waals surface area contributed by atoms with E-state index in [0.717, 1.165) is 0 Å². The van der Waals surface area contributed by atoms with E-state index in [-0.39, 0.29) is 0 Å². The summed E-state index contributed by atoms with van der Waals surface area (Å²) >= 11 is 0. The van der Waals surface area contributed by atoms with Crippen LogP contribution in [0.2, 0.25) is 0 Å². The molecule has 1 saturated carbocycles. The molecule has 0 amide bonds. The van der Waals surface area contributed by atoms with E-state index in [1.54, 1.807) is 61.5 Å². The summed E-state index contributed by atoms with van der Waals surface area (Å²) in [4.78, 5) is 39.3. The zero-order valence-corrected chi connectivity index (χ0v) is 31.4. The molecule has 16 unspecified atom stereocenters. The molecule has 17 nitrogen and oxygen atoms in total. The number of ether oxygens (including phenoxy) is 9. The van der Waals surface area contributed by atoms with Gasteiger partial charge in [-0.2, -0.15) is 0 Å². The molecule has 5 aliphatic rings. The van der Waals surface area contributed by atoms with Crippen LogP contribution in [0, 0.1) is 11.8 Å². The Hall–Kier alpha value is -4.53. The van der Waals surface area contributed by atoms with Crippen molar-refractivity contribution >= 4 is 30.1 Å². The van der Waals surface area contributed by atoms with E-state index in [9.17, 15) is 39.9 Å². The minimum absolute atomic E-state index is 0.530. The standard InChI is InChI=1S/C41H46O17/c1-21-33(52-22(2)44)35(54-27(45)15-13-23-9-5-3-6-10-23)36(55-28(46)16-14-24-11-7-4-8-12-24)40(51-21)56-34-25-17-18-50-38(29(25)41(20-43)37(34)58-41)57-39-32(49)31(48)30(47)26(19-42)53-39/h3-18,21,25-26,29-40,42-43,47-49H,19-20H2,1-2H3/b15-13+,16-14+.